The molecule has 1 atom stereocenters. The smallest absolute Gasteiger partial charge is 0.299 e. The number of guanidine groups is 1. The lowest BCUT2D eigenvalue weighted by atomic mass is 10.1. The van der Waals surface area contributed by atoms with Crippen LogP contribution in [0.5, 0.6) is 11.8 Å². The number of phenolic OH excluding ortho intramolecular Hbond substituents is 1. The number of hydrogen-bond acceptors (Lipinski definition) is 6. The molecule has 0 fully saturated rings. The summed E-state index contributed by atoms with van der Waals surface area (Å²) in [6.45, 7) is 3.63. The van der Waals surface area contributed by atoms with Gasteiger partial charge in [-0.2, -0.15) is 4.98 Å². The minimum absolute atomic E-state index is 0.00393. The standard InChI is InChI=1S/C30H28ClN5O3/c1-2-34-28(38)26-27(36-18-23(32-29(34)36)15-20-9-5-3-6-10-20)33-30(39-19-21-11-7-4-8-12-21)35(26)17-22-13-14-25(37)24(31)16-22/h3-14,16,23,37H,2,15,17-19H2,1H3. The topological polar surface area (TPSA) is 83.2 Å². The molecule has 9 heteroatoms. The zero-order valence-electron chi connectivity index (χ0n) is 21.5. The molecule has 198 valence electrons. The first-order chi connectivity index (χ1) is 19.0. The third-order valence-electron chi connectivity index (χ3n) is 6.99. The number of aromatic nitrogens is 2. The van der Waals surface area contributed by atoms with Crippen molar-refractivity contribution in [1.82, 2.24) is 14.5 Å². The van der Waals surface area contributed by atoms with Gasteiger partial charge < -0.3 is 9.84 Å². The first kappa shape index (κ1) is 25.0. The lowest BCUT2D eigenvalue weighted by Gasteiger charge is -2.32. The molecule has 6 rings (SSSR count). The number of imidazole rings is 1. The number of aliphatic imine (C=N–C) groups is 1. The van der Waals surface area contributed by atoms with Crippen LogP contribution in [0.15, 0.2) is 83.9 Å². The number of nitrogens with zero attached hydrogens (tertiary/aromatic N) is 5. The van der Waals surface area contributed by atoms with Crippen molar-refractivity contribution in [3.63, 3.8) is 0 Å². The van der Waals surface area contributed by atoms with Gasteiger partial charge in [0.2, 0.25) is 5.96 Å². The number of hydrogen-bond donors (Lipinski definition) is 1. The molecule has 1 N–H and O–H groups in total. The molecule has 0 saturated heterocycles. The van der Waals surface area contributed by atoms with Gasteiger partial charge in [-0.05, 0) is 42.2 Å². The van der Waals surface area contributed by atoms with Gasteiger partial charge in [0, 0.05) is 6.54 Å². The third-order valence-corrected chi connectivity index (χ3v) is 7.29. The number of amides is 1. The Hall–Kier alpha value is -4.30. The summed E-state index contributed by atoms with van der Waals surface area (Å²) in [5.41, 5.74) is 3.44. The van der Waals surface area contributed by atoms with Gasteiger partial charge in [0.15, 0.2) is 11.5 Å². The minimum atomic E-state index is -0.171. The Labute approximate surface area is 231 Å². The molecule has 4 aromatic rings. The normalized spacial score (nSPS) is 16.2. The summed E-state index contributed by atoms with van der Waals surface area (Å²) >= 11 is 6.20. The van der Waals surface area contributed by atoms with Crippen molar-refractivity contribution in [2.45, 2.75) is 32.5 Å². The fraction of sp³-hybridized carbons (Fsp3) is 0.233. The average molecular weight is 542 g/mol. The minimum Gasteiger partial charge on any atom is -0.506 e. The second kappa shape index (κ2) is 10.5. The summed E-state index contributed by atoms with van der Waals surface area (Å²) in [4.78, 5) is 27.5. The first-order valence-corrected chi connectivity index (χ1v) is 13.4. The molecule has 0 spiro atoms. The van der Waals surface area contributed by atoms with Crippen molar-refractivity contribution in [2.75, 3.05) is 18.0 Å². The zero-order chi connectivity index (χ0) is 26.9. The molecule has 1 unspecified atom stereocenters. The van der Waals surface area contributed by atoms with Gasteiger partial charge in [-0.3, -0.25) is 19.2 Å². The molecule has 0 bridgehead atoms. The van der Waals surface area contributed by atoms with E-state index in [2.05, 4.69) is 12.1 Å². The van der Waals surface area contributed by atoms with E-state index in [1.54, 1.807) is 27.7 Å². The number of carbonyl (C=O) groups excluding carboxylic acids is 1. The molecule has 2 aliphatic rings. The molecular weight excluding hydrogens is 514 g/mol. The van der Waals surface area contributed by atoms with Crippen LogP contribution < -0.4 is 9.64 Å². The zero-order valence-corrected chi connectivity index (χ0v) is 22.3. The number of rotatable bonds is 8. The summed E-state index contributed by atoms with van der Waals surface area (Å²) in [6, 6.07) is 25.4. The molecule has 1 amide bonds. The Kier molecular flexibility index (Phi) is 6.70. The highest BCUT2D eigenvalue weighted by Crippen LogP contribution is 2.36. The van der Waals surface area contributed by atoms with E-state index in [9.17, 15) is 9.90 Å². The Morgan fingerprint density at radius 3 is 2.41 bits per heavy atom. The maximum Gasteiger partial charge on any atom is 0.299 e. The quantitative estimate of drug-likeness (QED) is 0.334. The lowest BCUT2D eigenvalue weighted by Crippen LogP contribution is -2.50. The van der Waals surface area contributed by atoms with Gasteiger partial charge in [0.05, 0.1) is 24.2 Å². The van der Waals surface area contributed by atoms with E-state index in [1.165, 1.54) is 5.56 Å². The van der Waals surface area contributed by atoms with E-state index >= 15 is 0 Å². The number of fused-ring (bicyclic) bond motifs is 3. The fourth-order valence-electron chi connectivity index (χ4n) is 5.09. The van der Waals surface area contributed by atoms with E-state index in [-0.39, 0.29) is 22.7 Å². The van der Waals surface area contributed by atoms with Gasteiger partial charge in [0.25, 0.3) is 11.9 Å². The number of aromatic hydroxyl groups is 1. The van der Waals surface area contributed by atoms with Crippen molar-refractivity contribution >= 4 is 29.3 Å². The number of ether oxygens (including phenoxy) is 1. The van der Waals surface area contributed by atoms with Gasteiger partial charge in [0.1, 0.15) is 12.4 Å². The number of carbonyl (C=O) groups is 1. The summed E-state index contributed by atoms with van der Waals surface area (Å²) < 4.78 is 8.02. The maximum atomic E-state index is 13.9. The van der Waals surface area contributed by atoms with Gasteiger partial charge in [-0.15, -0.1) is 0 Å². The Bertz CT molecular complexity index is 1540. The molecule has 0 aliphatic carbocycles. The monoisotopic (exact) mass is 541 g/mol. The van der Waals surface area contributed by atoms with Crippen molar-refractivity contribution in [1.29, 1.82) is 0 Å². The number of halogens is 1. The average Bonchev–Trinajstić information content (AvgIpc) is 3.52. The summed E-state index contributed by atoms with van der Waals surface area (Å²) in [6.07, 6.45) is 0.770. The second-order valence-corrected chi connectivity index (χ2v) is 10.1. The van der Waals surface area contributed by atoms with E-state index in [0.717, 1.165) is 17.5 Å². The molecule has 1 aromatic heterocycles. The van der Waals surface area contributed by atoms with Crippen LogP contribution in [0, 0.1) is 0 Å². The molecule has 8 nitrogen and oxygen atoms in total. The molecule has 39 heavy (non-hydrogen) atoms. The van der Waals surface area contributed by atoms with Crippen LogP contribution in [0.4, 0.5) is 5.82 Å². The van der Waals surface area contributed by atoms with Gasteiger partial charge in [-0.1, -0.05) is 78.3 Å². The van der Waals surface area contributed by atoms with Crippen molar-refractivity contribution < 1.29 is 14.6 Å². The Balaban J connectivity index is 1.39. The molecule has 3 aromatic carbocycles. The molecule has 0 saturated carbocycles. The van der Waals surface area contributed by atoms with Crippen LogP contribution in [-0.2, 0) is 19.6 Å². The van der Waals surface area contributed by atoms with Crippen molar-refractivity contribution in [2.24, 2.45) is 4.99 Å². The fourth-order valence-corrected chi connectivity index (χ4v) is 5.30. The largest absolute Gasteiger partial charge is 0.506 e. The van der Waals surface area contributed by atoms with E-state index in [0.29, 0.717) is 49.7 Å². The number of anilines is 1. The van der Waals surface area contributed by atoms with Crippen LogP contribution in [0.2, 0.25) is 5.02 Å². The van der Waals surface area contributed by atoms with Crippen LogP contribution in [0.1, 0.15) is 34.1 Å². The maximum absolute atomic E-state index is 13.9. The van der Waals surface area contributed by atoms with Crippen molar-refractivity contribution in [3.05, 3.63) is 106 Å². The number of phenols is 1. The van der Waals surface area contributed by atoms with Crippen LogP contribution in [0.25, 0.3) is 0 Å². The molecular formula is C30H28ClN5O3. The highest BCUT2D eigenvalue weighted by molar-refractivity contribution is 6.32. The van der Waals surface area contributed by atoms with Crippen LogP contribution >= 0.6 is 11.6 Å². The summed E-state index contributed by atoms with van der Waals surface area (Å²) in [7, 11) is 0. The SMILES string of the molecule is CCN1C(=O)c2c(nc(OCc3ccccc3)n2Cc2ccc(O)c(Cl)c2)N2CC(Cc3ccccc3)N=C12. The van der Waals surface area contributed by atoms with Crippen molar-refractivity contribution in [3.8, 4) is 11.8 Å². The second-order valence-electron chi connectivity index (χ2n) is 9.65. The lowest BCUT2D eigenvalue weighted by molar-refractivity contribution is 0.0835. The van der Waals surface area contributed by atoms with Gasteiger partial charge in [-0.25, -0.2) is 4.99 Å². The Morgan fingerprint density at radius 1 is 1.00 bits per heavy atom. The van der Waals surface area contributed by atoms with Crippen LogP contribution in [0.3, 0.4) is 0 Å². The van der Waals surface area contributed by atoms with E-state index in [4.69, 9.17) is 26.3 Å². The predicted octanol–water partition coefficient (Wildman–Crippen LogP) is 5.13. The third kappa shape index (κ3) is 4.83. The van der Waals surface area contributed by atoms with Gasteiger partial charge >= 0.3 is 0 Å². The molecule has 2 aliphatic heterocycles. The number of benzene rings is 3. The summed E-state index contributed by atoms with van der Waals surface area (Å²) in [5.74, 6) is 1.01. The van der Waals surface area contributed by atoms with E-state index < -0.39 is 0 Å². The first-order valence-electron chi connectivity index (χ1n) is 13.0. The highest BCUT2D eigenvalue weighted by atomic mass is 35.5. The van der Waals surface area contributed by atoms with Crippen LogP contribution in [-0.4, -0.2) is 50.6 Å². The molecule has 0 radical (unpaired) electrons. The molecule has 3 heterocycles. The Morgan fingerprint density at radius 2 is 1.72 bits per heavy atom. The predicted molar refractivity (Wildman–Crippen MR) is 151 cm³/mol. The highest BCUT2D eigenvalue weighted by Gasteiger charge is 2.43. The summed E-state index contributed by atoms with van der Waals surface area (Å²) in [5, 5.41) is 10.2. The van der Waals surface area contributed by atoms with E-state index in [1.807, 2.05) is 60.4 Å².